The van der Waals surface area contributed by atoms with E-state index < -0.39 is 23.6 Å². The molecule has 3 rings (SSSR count). The largest absolute Gasteiger partial charge is 0.448 e. The fraction of sp³-hybridized carbons (Fsp3) is 0.561. The number of hydrogen-bond donors (Lipinski definition) is 6. The van der Waals surface area contributed by atoms with E-state index in [0.717, 1.165) is 5.56 Å². The number of nitrogens with zero attached hydrogens (tertiary/aromatic N) is 2. The Kier molecular flexibility index (Phi) is 19.8. The molecule has 0 fully saturated rings. The number of amides is 4. The van der Waals surface area contributed by atoms with E-state index in [4.69, 9.17) is 31.5 Å². The van der Waals surface area contributed by atoms with Crippen molar-refractivity contribution in [3.63, 3.8) is 0 Å². The highest BCUT2D eigenvalue weighted by Crippen LogP contribution is 2.37. The van der Waals surface area contributed by atoms with Gasteiger partial charge in [0.25, 0.3) is 0 Å². The number of anilines is 1. The van der Waals surface area contributed by atoms with Crippen LogP contribution in [-0.2, 0) is 35.1 Å². The van der Waals surface area contributed by atoms with Gasteiger partial charge in [0.1, 0.15) is 6.61 Å². The van der Waals surface area contributed by atoms with Crippen molar-refractivity contribution in [2.24, 2.45) is 17.3 Å². The van der Waals surface area contributed by atoms with Gasteiger partial charge in [0.2, 0.25) is 17.7 Å². The molecular weight excluding hydrogens is 716 g/mol. The van der Waals surface area contributed by atoms with Gasteiger partial charge in [-0.1, -0.05) is 56.3 Å². The first kappa shape index (κ1) is 47.5. The van der Waals surface area contributed by atoms with Crippen LogP contribution in [0.5, 0.6) is 0 Å². The van der Waals surface area contributed by atoms with Crippen molar-refractivity contribution in [1.29, 1.82) is 0 Å². The number of carbonyl (C=O) groups excluding carboxylic acids is 4. The number of fused-ring (bicyclic) bond motifs is 2. The molecule has 4 amide bonds. The van der Waals surface area contributed by atoms with E-state index in [-0.39, 0.29) is 56.5 Å². The van der Waals surface area contributed by atoms with Crippen LogP contribution in [0.2, 0.25) is 0 Å². The van der Waals surface area contributed by atoms with E-state index in [1.54, 1.807) is 19.1 Å². The summed E-state index contributed by atoms with van der Waals surface area (Å²) in [5, 5.41) is 9.90. The molecular formula is C41H66N8O7. The number of para-hydroxylation sites is 1. The zero-order valence-electron chi connectivity index (χ0n) is 34.7. The van der Waals surface area contributed by atoms with Crippen LogP contribution >= 0.6 is 0 Å². The molecule has 0 saturated heterocycles. The number of rotatable bonds is 21. The topological polar surface area (TPSA) is 217 Å². The molecule has 1 aliphatic heterocycles. The minimum atomic E-state index is -0.606. The summed E-state index contributed by atoms with van der Waals surface area (Å²) in [4.78, 5) is 52.3. The first-order chi connectivity index (χ1) is 26.6. The predicted molar refractivity (Wildman–Crippen MR) is 221 cm³/mol. The fourth-order valence-corrected chi connectivity index (χ4v) is 5.86. The highest BCUT2D eigenvalue weighted by atomic mass is 16.5. The third-order valence-corrected chi connectivity index (χ3v) is 9.40. The summed E-state index contributed by atoms with van der Waals surface area (Å²) in [6, 6.07) is 14.4. The highest BCUT2D eigenvalue weighted by Gasteiger charge is 2.29. The minimum Gasteiger partial charge on any atom is -0.448 e. The highest BCUT2D eigenvalue weighted by molar-refractivity contribution is 6.02. The summed E-state index contributed by atoms with van der Waals surface area (Å²) in [5.74, 6) is 5.72. The molecule has 1 unspecified atom stereocenters. The van der Waals surface area contributed by atoms with Crippen LogP contribution in [-0.4, -0.2) is 93.1 Å². The summed E-state index contributed by atoms with van der Waals surface area (Å²) >= 11 is 0. The van der Waals surface area contributed by atoms with E-state index in [9.17, 15) is 19.2 Å². The second kappa shape index (κ2) is 23.4. The maximum Gasteiger partial charge on any atom is 0.407 e. The summed E-state index contributed by atoms with van der Waals surface area (Å²) < 4.78 is 16.9. The molecule has 1 heterocycles. The van der Waals surface area contributed by atoms with Crippen molar-refractivity contribution in [2.45, 2.75) is 104 Å². The third kappa shape index (κ3) is 15.1. The van der Waals surface area contributed by atoms with Gasteiger partial charge in [-0.15, -0.1) is 0 Å². The Morgan fingerprint density at radius 2 is 1.57 bits per heavy atom. The van der Waals surface area contributed by atoms with Gasteiger partial charge in [-0.3, -0.25) is 14.4 Å². The van der Waals surface area contributed by atoms with Crippen molar-refractivity contribution in [2.75, 3.05) is 51.9 Å². The lowest BCUT2D eigenvalue weighted by Crippen LogP contribution is -2.42. The fourth-order valence-electron chi connectivity index (χ4n) is 5.86. The van der Waals surface area contributed by atoms with Gasteiger partial charge in [0.15, 0.2) is 0 Å². The van der Waals surface area contributed by atoms with E-state index in [2.05, 4.69) is 16.0 Å². The van der Waals surface area contributed by atoms with Crippen molar-refractivity contribution in [3.05, 3.63) is 65.2 Å². The Balaban J connectivity index is 0.00000532. The van der Waals surface area contributed by atoms with Crippen LogP contribution in [0.25, 0.3) is 11.4 Å². The average Bonchev–Trinajstić information content (AvgIpc) is 3.17. The number of alkyl carbamates (subject to hydrolysis) is 1. The van der Waals surface area contributed by atoms with Crippen molar-refractivity contribution < 1.29 is 33.4 Å². The molecule has 2 aromatic rings. The zero-order chi connectivity index (χ0) is 41.9. The Labute approximate surface area is 333 Å². The van der Waals surface area contributed by atoms with E-state index in [1.807, 2.05) is 90.1 Å². The number of nitrogens with two attached hydrogens (primary N) is 3. The summed E-state index contributed by atoms with van der Waals surface area (Å²) in [6.07, 6.45) is 1.95. The molecule has 15 heteroatoms. The molecule has 1 aliphatic rings. The van der Waals surface area contributed by atoms with Gasteiger partial charge >= 0.3 is 6.09 Å². The van der Waals surface area contributed by atoms with E-state index in [0.29, 0.717) is 67.0 Å². The summed E-state index contributed by atoms with van der Waals surface area (Å²) in [6.45, 7) is 13.2. The predicted octanol–water partition coefficient (Wildman–Crippen LogP) is 4.00. The number of unbranched alkanes of at least 4 members (excludes halogenated alkanes) is 1. The second-order valence-electron chi connectivity index (χ2n) is 14.5. The van der Waals surface area contributed by atoms with Crippen LogP contribution in [0, 0.1) is 0 Å². The molecule has 0 bridgehead atoms. The maximum absolute atomic E-state index is 13.9. The molecule has 0 saturated carbocycles. The summed E-state index contributed by atoms with van der Waals surface area (Å²) in [7, 11) is 3.34. The number of benzene rings is 2. The molecule has 56 heavy (non-hydrogen) atoms. The lowest BCUT2D eigenvalue weighted by atomic mass is 9.95. The Morgan fingerprint density at radius 3 is 2.23 bits per heavy atom. The van der Waals surface area contributed by atoms with Crippen LogP contribution in [0.3, 0.4) is 0 Å². The molecule has 0 aromatic heterocycles. The monoisotopic (exact) mass is 783 g/mol. The molecule has 0 aliphatic carbocycles. The minimum absolute atomic E-state index is 0.0109. The molecule has 15 nitrogen and oxygen atoms in total. The number of nitrogens with one attached hydrogen (secondary N) is 3. The van der Waals surface area contributed by atoms with Gasteiger partial charge < -0.3 is 51.5 Å². The van der Waals surface area contributed by atoms with Crippen LogP contribution in [0.1, 0.15) is 96.8 Å². The van der Waals surface area contributed by atoms with Gasteiger partial charge in [0.05, 0.1) is 54.0 Å². The van der Waals surface area contributed by atoms with Crippen molar-refractivity contribution in [3.8, 4) is 0 Å². The number of primary amides is 1. The molecule has 2 aromatic carbocycles. The number of likely N-dealkylation sites (N-methyl/N-ethyl adjacent to an activating group) is 1. The second-order valence-corrected chi connectivity index (χ2v) is 14.5. The van der Waals surface area contributed by atoms with Crippen LogP contribution in [0.15, 0.2) is 48.5 Å². The first-order valence-electron chi connectivity index (χ1n) is 19.4. The Morgan fingerprint density at radius 1 is 0.911 bits per heavy atom. The lowest BCUT2D eigenvalue weighted by molar-refractivity contribution is -0.126. The molecule has 0 radical (unpaired) electrons. The molecule has 312 valence electrons. The SMILES string of the molecule is CC.CNC(CCCCNC(=O)OCCN(N)/C1=C(\N)c2ccccc2CN(C(=O)CCC(=O)NCC(C)(C)OCCC(C)(C)OC)c2ccccc21)C(N)=O. The molecule has 9 N–H and O–H groups in total. The third-order valence-electron chi connectivity index (χ3n) is 9.40. The van der Waals surface area contributed by atoms with E-state index >= 15 is 0 Å². The van der Waals surface area contributed by atoms with Crippen LogP contribution < -0.4 is 38.2 Å². The first-order valence-corrected chi connectivity index (χ1v) is 19.4. The normalized spacial score (nSPS) is 14.5. The Hall–Kier alpha value is -4.70. The number of hydrogen-bond acceptors (Lipinski definition) is 11. The zero-order valence-corrected chi connectivity index (χ0v) is 34.7. The summed E-state index contributed by atoms with van der Waals surface area (Å²) in [5.41, 5.74) is 14.8. The lowest BCUT2D eigenvalue weighted by Gasteiger charge is -2.33. The number of carbonyl (C=O) groups is 4. The number of ether oxygens (including phenoxy) is 3. The van der Waals surface area contributed by atoms with Gasteiger partial charge in [-0.2, -0.15) is 0 Å². The average molecular weight is 783 g/mol. The number of hydrazine groups is 1. The standard InChI is InChI=1S/C39H60N8O7.C2H6/c1-38(2,52-6)20-23-54-39(3,4)26-45-32(48)18-19-33(49)46-25-27-13-7-8-14-28(27)34(40)35(29-15-9-10-17-31(29)46)47(42)22-24-53-37(51)44-21-12-11-16-30(43-5)36(41)50;1-2/h7-10,13-15,17,30,43H,11-12,16,18-26,40,42H2,1-6H3,(H2,41,50)(H,44,51)(H,45,48);1-2H3/b35-34-;. The van der Waals surface area contributed by atoms with E-state index in [1.165, 1.54) is 5.01 Å². The van der Waals surface area contributed by atoms with Gasteiger partial charge in [-0.05, 0) is 72.1 Å². The van der Waals surface area contributed by atoms with Gasteiger partial charge in [-0.25, -0.2) is 10.6 Å². The smallest absolute Gasteiger partial charge is 0.407 e. The molecule has 0 spiro atoms. The van der Waals surface area contributed by atoms with Crippen molar-refractivity contribution in [1.82, 2.24) is 21.0 Å². The quantitative estimate of drug-likeness (QED) is 0.0605. The number of methoxy groups -OCH3 is 1. The van der Waals surface area contributed by atoms with Crippen molar-refractivity contribution >= 4 is 40.9 Å². The van der Waals surface area contributed by atoms with Gasteiger partial charge in [0, 0.05) is 44.2 Å². The molecule has 1 atom stereocenters. The van der Waals surface area contributed by atoms with Crippen LogP contribution in [0.4, 0.5) is 10.5 Å². The Bertz CT molecular complexity index is 1610. The maximum atomic E-state index is 13.9.